The lowest BCUT2D eigenvalue weighted by molar-refractivity contribution is -0.142. The molecule has 1 amide bonds. The number of rotatable bonds is 2. The van der Waals surface area contributed by atoms with Crippen molar-refractivity contribution < 1.29 is 14.3 Å². The number of likely N-dealkylation sites (N-methyl/N-ethyl adjacent to an activating group) is 1. The molecule has 1 spiro atoms. The maximum Gasteiger partial charge on any atom is 0.303 e. The third-order valence-corrected chi connectivity index (χ3v) is 5.11. The second-order valence-corrected chi connectivity index (χ2v) is 6.62. The van der Waals surface area contributed by atoms with E-state index < -0.39 is 11.6 Å². The number of hydrogen-bond donors (Lipinski definition) is 0. The predicted molar refractivity (Wildman–Crippen MR) is 96.7 cm³/mol. The molecule has 1 aromatic carbocycles. The van der Waals surface area contributed by atoms with E-state index in [1.807, 2.05) is 54.6 Å². The number of carbonyl (C=O) groups excluding carboxylic acids is 2. The first kappa shape index (κ1) is 16.0. The highest BCUT2D eigenvalue weighted by Gasteiger charge is 2.47. The summed E-state index contributed by atoms with van der Waals surface area (Å²) in [5.41, 5.74) is 1.33. The third kappa shape index (κ3) is 2.63. The highest BCUT2D eigenvalue weighted by molar-refractivity contribution is 14.1. The third-order valence-electron chi connectivity index (χ3n) is 4.11. The Morgan fingerprint density at radius 1 is 1.22 bits per heavy atom. The first-order chi connectivity index (χ1) is 11.0. The SMILES string of the molecule is CC(=O)OC1C=CC2(C=C1)C(c1ccccc1)=C(I)C(=O)N2C. The molecule has 0 fully saturated rings. The van der Waals surface area contributed by atoms with Gasteiger partial charge in [0.15, 0.2) is 0 Å². The van der Waals surface area contributed by atoms with Crippen LogP contribution in [0.5, 0.6) is 0 Å². The quantitative estimate of drug-likeness (QED) is 0.419. The summed E-state index contributed by atoms with van der Waals surface area (Å²) in [5, 5.41) is 0. The standard InChI is InChI=1S/C18H16INO3/c1-12(21)23-14-8-10-18(11-9-14)15(13-6-4-3-5-7-13)16(19)17(22)20(18)2/h3-11,14H,1-2H3. The molecule has 0 unspecified atom stereocenters. The van der Waals surface area contributed by atoms with Crippen LogP contribution in [0.15, 0.2) is 58.2 Å². The van der Waals surface area contributed by atoms with Gasteiger partial charge in [-0.2, -0.15) is 0 Å². The Hall–Kier alpha value is -1.89. The van der Waals surface area contributed by atoms with Gasteiger partial charge < -0.3 is 9.64 Å². The monoisotopic (exact) mass is 421 g/mol. The molecule has 118 valence electrons. The van der Waals surface area contributed by atoms with Crippen LogP contribution in [0.3, 0.4) is 0 Å². The summed E-state index contributed by atoms with van der Waals surface area (Å²) >= 11 is 2.11. The predicted octanol–water partition coefficient (Wildman–Crippen LogP) is 3.10. The van der Waals surface area contributed by atoms with Crippen LogP contribution in [-0.2, 0) is 14.3 Å². The molecule has 0 bridgehead atoms. The molecule has 1 aliphatic carbocycles. The molecule has 0 atom stereocenters. The first-order valence-electron chi connectivity index (χ1n) is 7.25. The Labute approximate surface area is 148 Å². The van der Waals surface area contributed by atoms with Crippen LogP contribution in [0.1, 0.15) is 12.5 Å². The van der Waals surface area contributed by atoms with E-state index in [1.165, 1.54) is 6.92 Å². The van der Waals surface area contributed by atoms with Crippen LogP contribution in [-0.4, -0.2) is 35.5 Å². The number of halogens is 1. The number of benzene rings is 1. The lowest BCUT2D eigenvalue weighted by atomic mass is 9.82. The summed E-state index contributed by atoms with van der Waals surface area (Å²) in [6.07, 6.45) is 7.13. The summed E-state index contributed by atoms with van der Waals surface area (Å²) < 4.78 is 5.89. The van der Waals surface area contributed by atoms with E-state index in [0.717, 1.165) is 11.1 Å². The van der Waals surface area contributed by atoms with Gasteiger partial charge in [-0.05, 0) is 40.3 Å². The molecule has 23 heavy (non-hydrogen) atoms. The van der Waals surface area contributed by atoms with Gasteiger partial charge in [-0.1, -0.05) is 42.5 Å². The summed E-state index contributed by atoms with van der Waals surface area (Å²) in [4.78, 5) is 25.4. The van der Waals surface area contributed by atoms with Crippen molar-refractivity contribution in [1.82, 2.24) is 4.90 Å². The summed E-state index contributed by atoms with van der Waals surface area (Å²) in [5.74, 6) is -0.339. The van der Waals surface area contributed by atoms with Gasteiger partial charge in [0, 0.05) is 19.5 Å². The van der Waals surface area contributed by atoms with Crippen LogP contribution >= 0.6 is 22.6 Å². The van der Waals surface area contributed by atoms with E-state index in [1.54, 1.807) is 11.9 Å². The van der Waals surface area contributed by atoms with E-state index in [0.29, 0.717) is 3.58 Å². The second kappa shape index (κ2) is 5.96. The zero-order valence-electron chi connectivity index (χ0n) is 12.8. The minimum atomic E-state index is -0.633. The van der Waals surface area contributed by atoms with Crippen molar-refractivity contribution in [3.63, 3.8) is 0 Å². The van der Waals surface area contributed by atoms with Crippen LogP contribution in [0.4, 0.5) is 0 Å². The number of nitrogens with zero attached hydrogens (tertiary/aromatic N) is 1. The van der Waals surface area contributed by atoms with Crippen molar-refractivity contribution in [1.29, 1.82) is 0 Å². The molecular formula is C18H16INO3. The van der Waals surface area contributed by atoms with Crippen molar-refractivity contribution in [2.24, 2.45) is 0 Å². The number of carbonyl (C=O) groups is 2. The normalized spacial score (nSPS) is 26.3. The van der Waals surface area contributed by atoms with Crippen LogP contribution in [0.2, 0.25) is 0 Å². The second-order valence-electron chi connectivity index (χ2n) is 5.54. The Balaban J connectivity index is 2.06. The average molecular weight is 421 g/mol. The molecule has 4 nitrogen and oxygen atoms in total. The van der Waals surface area contributed by atoms with Gasteiger partial charge in [-0.25, -0.2) is 0 Å². The maximum atomic E-state index is 12.5. The van der Waals surface area contributed by atoms with E-state index in [2.05, 4.69) is 22.6 Å². The van der Waals surface area contributed by atoms with Crippen molar-refractivity contribution in [3.05, 3.63) is 63.8 Å². The van der Waals surface area contributed by atoms with E-state index in [9.17, 15) is 9.59 Å². The van der Waals surface area contributed by atoms with Crippen molar-refractivity contribution in [2.75, 3.05) is 7.05 Å². The van der Waals surface area contributed by atoms with Crippen molar-refractivity contribution >= 4 is 40.0 Å². The van der Waals surface area contributed by atoms with Crippen LogP contribution in [0, 0.1) is 0 Å². The summed E-state index contributed by atoms with van der Waals surface area (Å²) in [7, 11) is 1.79. The largest absolute Gasteiger partial charge is 0.454 e. The molecule has 0 N–H and O–H groups in total. The van der Waals surface area contributed by atoms with Gasteiger partial charge in [0.25, 0.3) is 5.91 Å². The molecule has 0 aromatic heterocycles. The zero-order valence-corrected chi connectivity index (χ0v) is 15.0. The minimum Gasteiger partial charge on any atom is -0.454 e. The first-order valence-corrected chi connectivity index (χ1v) is 8.33. The Morgan fingerprint density at radius 2 is 1.83 bits per heavy atom. The van der Waals surface area contributed by atoms with E-state index >= 15 is 0 Å². The Morgan fingerprint density at radius 3 is 2.39 bits per heavy atom. The van der Waals surface area contributed by atoms with E-state index in [-0.39, 0.29) is 11.9 Å². The smallest absolute Gasteiger partial charge is 0.303 e. The average Bonchev–Trinajstić information content (AvgIpc) is 2.72. The molecule has 3 rings (SSSR count). The fourth-order valence-corrected chi connectivity index (χ4v) is 4.10. The highest BCUT2D eigenvalue weighted by atomic mass is 127. The maximum absolute atomic E-state index is 12.5. The van der Waals surface area contributed by atoms with Crippen molar-refractivity contribution in [2.45, 2.75) is 18.6 Å². The van der Waals surface area contributed by atoms with Gasteiger partial charge in [0.05, 0.1) is 3.58 Å². The molecule has 0 saturated carbocycles. The molecular weight excluding hydrogens is 405 g/mol. The summed E-state index contributed by atoms with van der Waals surface area (Å²) in [6.45, 7) is 1.38. The topological polar surface area (TPSA) is 46.6 Å². The minimum absolute atomic E-state index is 0.00955. The molecule has 0 radical (unpaired) electrons. The molecule has 1 aromatic rings. The van der Waals surface area contributed by atoms with Crippen LogP contribution < -0.4 is 0 Å². The Kier molecular flexibility index (Phi) is 4.14. The number of esters is 1. The van der Waals surface area contributed by atoms with Gasteiger partial charge in [0.2, 0.25) is 0 Å². The molecule has 5 heteroatoms. The van der Waals surface area contributed by atoms with Gasteiger partial charge in [0.1, 0.15) is 11.6 Å². The number of ether oxygens (including phenoxy) is 1. The zero-order chi connectivity index (χ0) is 16.6. The lowest BCUT2D eigenvalue weighted by Crippen LogP contribution is -2.43. The molecule has 2 aliphatic rings. The Bertz CT molecular complexity index is 735. The van der Waals surface area contributed by atoms with Gasteiger partial charge >= 0.3 is 5.97 Å². The van der Waals surface area contributed by atoms with Gasteiger partial charge in [-0.3, -0.25) is 9.59 Å². The number of hydrogen-bond acceptors (Lipinski definition) is 3. The molecule has 1 heterocycles. The fraction of sp³-hybridized carbons (Fsp3) is 0.222. The van der Waals surface area contributed by atoms with Crippen molar-refractivity contribution in [3.8, 4) is 0 Å². The van der Waals surface area contributed by atoms with Gasteiger partial charge in [-0.15, -0.1) is 0 Å². The van der Waals surface area contributed by atoms with Crippen LogP contribution in [0.25, 0.3) is 5.57 Å². The number of amides is 1. The lowest BCUT2D eigenvalue weighted by Gasteiger charge is -2.36. The fourth-order valence-electron chi connectivity index (χ4n) is 2.99. The highest BCUT2D eigenvalue weighted by Crippen LogP contribution is 2.46. The molecule has 1 aliphatic heterocycles. The van der Waals surface area contributed by atoms with E-state index in [4.69, 9.17) is 4.74 Å². The summed E-state index contributed by atoms with van der Waals surface area (Å²) in [6, 6.07) is 9.87. The molecule has 0 saturated heterocycles.